The molecule has 0 spiro atoms. The van der Waals surface area contributed by atoms with Crippen molar-refractivity contribution >= 4 is 10.0 Å². The average Bonchev–Trinajstić information content (AvgIpc) is 3.30. The van der Waals surface area contributed by atoms with Gasteiger partial charge in [0.05, 0.1) is 0 Å². The number of furan rings is 1. The van der Waals surface area contributed by atoms with Crippen LogP contribution in [0, 0.1) is 0 Å². The molecule has 3 heterocycles. The van der Waals surface area contributed by atoms with Crippen LogP contribution in [-0.4, -0.2) is 24.4 Å². The molecule has 0 saturated heterocycles. The quantitative estimate of drug-likeness (QED) is 0.672. The van der Waals surface area contributed by atoms with Crippen molar-refractivity contribution in [2.24, 2.45) is 0 Å². The molecule has 0 N–H and O–H groups in total. The minimum Gasteiger partial charge on any atom is -0.441 e. The molecule has 0 unspecified atom stereocenters. The van der Waals surface area contributed by atoms with Crippen molar-refractivity contribution in [2.45, 2.75) is 24.2 Å². The van der Waals surface area contributed by atoms with Crippen LogP contribution < -0.4 is 0 Å². The van der Waals surface area contributed by atoms with E-state index in [2.05, 4.69) is 9.68 Å². The predicted octanol–water partition coefficient (Wildman–Crippen LogP) is 3.70. The van der Waals surface area contributed by atoms with Gasteiger partial charge in [-0.3, -0.25) is 0 Å². The predicted molar refractivity (Wildman–Crippen MR) is 86.9 cm³/mol. The van der Waals surface area contributed by atoms with Crippen LogP contribution in [0.15, 0.2) is 56.5 Å². The van der Waals surface area contributed by atoms with E-state index in [0.29, 0.717) is 12.5 Å². The molecule has 0 radical (unpaired) electrons. The topological polar surface area (TPSA) is 76.5 Å². The fraction of sp³-hybridized carbons (Fsp3) is 0.235. The van der Waals surface area contributed by atoms with Crippen molar-refractivity contribution in [2.75, 3.05) is 6.54 Å². The van der Waals surface area contributed by atoms with Crippen molar-refractivity contribution in [1.82, 2.24) is 9.46 Å². The van der Waals surface area contributed by atoms with Crippen LogP contribution in [0.3, 0.4) is 0 Å². The highest BCUT2D eigenvalue weighted by Gasteiger charge is 2.37. The number of hydrogen-bond acceptors (Lipinski definition) is 5. The molecule has 0 fully saturated rings. The Labute approximate surface area is 152 Å². The zero-order chi connectivity index (χ0) is 19.2. The lowest BCUT2D eigenvalue weighted by Crippen LogP contribution is -2.35. The lowest BCUT2D eigenvalue weighted by Gasteiger charge is -2.27. The third kappa shape index (κ3) is 3.26. The van der Waals surface area contributed by atoms with E-state index in [1.54, 1.807) is 0 Å². The fourth-order valence-electron chi connectivity index (χ4n) is 2.92. The Morgan fingerprint density at radius 2 is 1.81 bits per heavy atom. The van der Waals surface area contributed by atoms with Gasteiger partial charge in [0.15, 0.2) is 5.76 Å². The van der Waals surface area contributed by atoms with E-state index in [-0.39, 0.29) is 29.6 Å². The van der Waals surface area contributed by atoms with Gasteiger partial charge in [0, 0.05) is 19.2 Å². The van der Waals surface area contributed by atoms with Gasteiger partial charge in [0.25, 0.3) is 10.0 Å². The standard InChI is InChI=1S/C17H13F3N2O4S/c18-17(19,20)15-9-13(21-26-15)14-5-6-16(25-14)27(23,24)22-8-7-11-3-1-2-4-12(11)10-22/h1-6,9H,7-8,10H2. The van der Waals surface area contributed by atoms with Crippen LogP contribution >= 0.6 is 0 Å². The summed E-state index contributed by atoms with van der Waals surface area (Å²) in [7, 11) is -3.93. The SMILES string of the molecule is O=S(=O)(c1ccc(-c2cc(C(F)(F)F)on2)o1)N1CCc2ccccc2C1. The number of rotatable bonds is 3. The number of sulfonamides is 1. The zero-order valence-electron chi connectivity index (χ0n) is 13.7. The first-order valence-electron chi connectivity index (χ1n) is 7.96. The van der Waals surface area contributed by atoms with Crippen molar-refractivity contribution < 1.29 is 30.5 Å². The summed E-state index contributed by atoms with van der Waals surface area (Å²) in [6.45, 7) is 0.494. The number of benzene rings is 1. The second-order valence-corrected chi connectivity index (χ2v) is 7.92. The van der Waals surface area contributed by atoms with Crippen molar-refractivity contribution in [3.05, 3.63) is 59.4 Å². The molecule has 1 aliphatic rings. The van der Waals surface area contributed by atoms with Crippen molar-refractivity contribution in [1.29, 1.82) is 0 Å². The molecular weight excluding hydrogens is 385 g/mol. The maximum absolute atomic E-state index is 12.8. The highest BCUT2D eigenvalue weighted by Crippen LogP contribution is 2.34. The molecule has 2 aromatic heterocycles. The van der Waals surface area contributed by atoms with E-state index < -0.39 is 22.0 Å². The lowest BCUT2D eigenvalue weighted by molar-refractivity contribution is -0.155. The van der Waals surface area contributed by atoms with Crippen LogP contribution in [0.1, 0.15) is 16.9 Å². The van der Waals surface area contributed by atoms with Crippen molar-refractivity contribution in [3.63, 3.8) is 0 Å². The van der Waals surface area contributed by atoms with Crippen LogP contribution in [0.5, 0.6) is 0 Å². The first-order chi connectivity index (χ1) is 12.7. The van der Waals surface area contributed by atoms with E-state index in [4.69, 9.17) is 4.42 Å². The van der Waals surface area contributed by atoms with Crippen LogP contribution in [0.25, 0.3) is 11.5 Å². The maximum atomic E-state index is 12.8. The Morgan fingerprint density at radius 3 is 2.52 bits per heavy atom. The molecule has 6 nitrogen and oxygen atoms in total. The Kier molecular flexibility index (Phi) is 4.11. The monoisotopic (exact) mass is 398 g/mol. The summed E-state index contributed by atoms with van der Waals surface area (Å²) < 4.78 is 74.3. The van der Waals surface area contributed by atoms with Gasteiger partial charge in [-0.05, 0) is 29.7 Å². The van der Waals surface area contributed by atoms with Gasteiger partial charge in [-0.1, -0.05) is 29.4 Å². The average molecular weight is 398 g/mol. The lowest BCUT2D eigenvalue weighted by atomic mass is 10.0. The van der Waals surface area contributed by atoms with E-state index in [1.807, 2.05) is 24.3 Å². The summed E-state index contributed by atoms with van der Waals surface area (Å²) in [6, 6.07) is 10.7. The zero-order valence-corrected chi connectivity index (χ0v) is 14.5. The van der Waals surface area contributed by atoms with E-state index in [9.17, 15) is 21.6 Å². The second kappa shape index (κ2) is 6.24. The summed E-state index contributed by atoms with van der Waals surface area (Å²) in [5.74, 6) is -1.41. The fourth-order valence-corrected chi connectivity index (χ4v) is 4.25. The number of hydrogen-bond donors (Lipinski definition) is 0. The van der Waals surface area contributed by atoms with Gasteiger partial charge in [-0.2, -0.15) is 17.5 Å². The van der Waals surface area contributed by atoms with Crippen LogP contribution in [0.4, 0.5) is 13.2 Å². The molecule has 3 aromatic rings. The smallest absolute Gasteiger partial charge is 0.441 e. The van der Waals surface area contributed by atoms with Crippen molar-refractivity contribution in [3.8, 4) is 11.5 Å². The highest BCUT2D eigenvalue weighted by atomic mass is 32.2. The molecule has 1 aliphatic heterocycles. The van der Waals surface area contributed by atoms with E-state index in [1.165, 1.54) is 16.4 Å². The summed E-state index contributed by atoms with van der Waals surface area (Å²) in [6.07, 6.45) is -4.12. The van der Waals surface area contributed by atoms with Gasteiger partial charge in [0.1, 0.15) is 5.69 Å². The number of aromatic nitrogens is 1. The summed E-state index contributed by atoms with van der Waals surface area (Å²) in [4.78, 5) is 0. The van der Waals surface area contributed by atoms with Gasteiger partial charge < -0.3 is 8.94 Å². The third-order valence-corrected chi connectivity index (χ3v) is 6.03. The minimum absolute atomic E-state index is 0.120. The Hall–Kier alpha value is -2.59. The number of halogens is 3. The number of nitrogens with zero attached hydrogens (tertiary/aromatic N) is 2. The molecular formula is C17H13F3N2O4S. The molecule has 10 heteroatoms. The third-order valence-electron chi connectivity index (χ3n) is 4.31. The van der Waals surface area contributed by atoms with E-state index in [0.717, 1.165) is 11.1 Å². The minimum atomic E-state index is -4.69. The van der Waals surface area contributed by atoms with Gasteiger partial charge in [0.2, 0.25) is 10.9 Å². The molecule has 27 heavy (non-hydrogen) atoms. The molecule has 1 aromatic carbocycles. The van der Waals surface area contributed by atoms with E-state index >= 15 is 0 Å². The normalized spacial score (nSPS) is 15.7. The molecule has 142 valence electrons. The molecule has 0 amide bonds. The van der Waals surface area contributed by atoms with Gasteiger partial charge in [-0.15, -0.1) is 0 Å². The highest BCUT2D eigenvalue weighted by molar-refractivity contribution is 7.89. The van der Waals surface area contributed by atoms with Gasteiger partial charge >= 0.3 is 6.18 Å². The van der Waals surface area contributed by atoms with Crippen LogP contribution in [-0.2, 0) is 29.2 Å². The number of alkyl halides is 3. The summed E-state index contributed by atoms with van der Waals surface area (Å²) >= 11 is 0. The second-order valence-electron chi connectivity index (χ2n) is 6.05. The summed E-state index contributed by atoms with van der Waals surface area (Å²) in [5, 5.41) is 2.94. The molecule has 0 aliphatic carbocycles. The Balaban J connectivity index is 1.60. The molecule has 0 saturated carbocycles. The largest absolute Gasteiger partial charge is 0.452 e. The Bertz CT molecular complexity index is 1090. The first-order valence-corrected chi connectivity index (χ1v) is 9.40. The molecule has 0 bridgehead atoms. The number of fused-ring (bicyclic) bond motifs is 1. The Morgan fingerprint density at radius 1 is 1.07 bits per heavy atom. The summed E-state index contributed by atoms with van der Waals surface area (Å²) in [5.41, 5.74) is 1.77. The van der Waals surface area contributed by atoms with Gasteiger partial charge in [-0.25, -0.2) is 8.42 Å². The first kappa shape index (κ1) is 17.8. The maximum Gasteiger partial charge on any atom is 0.452 e. The molecule has 0 atom stereocenters. The molecule has 4 rings (SSSR count). The van der Waals surface area contributed by atoms with Crippen LogP contribution in [0.2, 0.25) is 0 Å².